The van der Waals surface area contributed by atoms with Crippen molar-refractivity contribution in [3.63, 3.8) is 0 Å². The van der Waals surface area contributed by atoms with Crippen LogP contribution in [0.5, 0.6) is 0 Å². The molecule has 3 nitrogen and oxygen atoms in total. The summed E-state index contributed by atoms with van der Waals surface area (Å²) in [6.45, 7) is 4.83. The number of sulfonamides is 1. The number of rotatable bonds is 2. The van der Waals surface area contributed by atoms with Crippen LogP contribution in [0.15, 0.2) is 0 Å². The first-order valence-electron chi connectivity index (χ1n) is 3.89. The molecule has 0 amide bonds. The smallest absolute Gasteiger partial charge is 0.211 e. The van der Waals surface area contributed by atoms with E-state index < -0.39 is 10.0 Å². The van der Waals surface area contributed by atoms with Crippen LogP contribution in [0.3, 0.4) is 0 Å². The Kier molecular flexibility index (Phi) is 2.25. The predicted molar refractivity (Wildman–Crippen MR) is 44.8 cm³/mol. The second-order valence-corrected chi connectivity index (χ2v) is 5.41. The van der Waals surface area contributed by atoms with Crippen LogP contribution in [0.1, 0.15) is 20.3 Å². The molecule has 0 saturated carbocycles. The highest BCUT2D eigenvalue weighted by molar-refractivity contribution is 7.88. The Balaban J connectivity index is 2.65. The highest BCUT2D eigenvalue weighted by atomic mass is 32.2. The lowest BCUT2D eigenvalue weighted by Crippen LogP contribution is -2.52. The lowest BCUT2D eigenvalue weighted by Gasteiger charge is -2.41. The van der Waals surface area contributed by atoms with Gasteiger partial charge in [0.25, 0.3) is 0 Å². The van der Waals surface area contributed by atoms with Crippen LogP contribution in [0, 0.1) is 5.92 Å². The van der Waals surface area contributed by atoms with Crippen molar-refractivity contribution in [1.82, 2.24) is 4.31 Å². The van der Waals surface area contributed by atoms with Crippen molar-refractivity contribution < 1.29 is 8.42 Å². The Hall–Kier alpha value is -0.0900. The Labute approximate surface area is 68.4 Å². The third-order valence-electron chi connectivity index (χ3n) is 2.21. The monoisotopic (exact) mass is 177 g/mol. The van der Waals surface area contributed by atoms with Crippen LogP contribution in [-0.4, -0.2) is 31.6 Å². The summed E-state index contributed by atoms with van der Waals surface area (Å²) in [6, 6.07) is 0.255. The van der Waals surface area contributed by atoms with Crippen molar-refractivity contribution in [2.75, 3.05) is 12.8 Å². The fourth-order valence-electron chi connectivity index (χ4n) is 1.46. The molecule has 0 N–H and O–H groups in total. The first-order chi connectivity index (χ1) is 4.93. The summed E-state index contributed by atoms with van der Waals surface area (Å²) in [5.74, 6) is 0.443. The number of hydrogen-bond acceptors (Lipinski definition) is 2. The summed E-state index contributed by atoms with van der Waals surface area (Å²) < 4.78 is 23.7. The molecule has 0 aromatic heterocycles. The molecule has 0 unspecified atom stereocenters. The minimum Gasteiger partial charge on any atom is -0.212 e. The van der Waals surface area contributed by atoms with Gasteiger partial charge < -0.3 is 0 Å². The zero-order valence-electron chi connectivity index (χ0n) is 7.24. The highest BCUT2D eigenvalue weighted by Gasteiger charge is 2.36. The first kappa shape index (κ1) is 9.00. The zero-order valence-corrected chi connectivity index (χ0v) is 8.06. The molecule has 1 atom stereocenters. The van der Waals surface area contributed by atoms with E-state index in [9.17, 15) is 8.42 Å². The van der Waals surface area contributed by atoms with Crippen molar-refractivity contribution in [2.45, 2.75) is 26.3 Å². The summed E-state index contributed by atoms with van der Waals surface area (Å²) in [4.78, 5) is 0. The fraction of sp³-hybridized carbons (Fsp3) is 1.00. The van der Waals surface area contributed by atoms with E-state index in [4.69, 9.17) is 0 Å². The number of nitrogens with zero attached hydrogens (tertiary/aromatic N) is 1. The van der Waals surface area contributed by atoms with Gasteiger partial charge >= 0.3 is 0 Å². The Morgan fingerprint density at radius 1 is 1.45 bits per heavy atom. The second-order valence-electron chi connectivity index (χ2n) is 3.47. The third-order valence-corrected chi connectivity index (χ3v) is 3.52. The van der Waals surface area contributed by atoms with E-state index in [-0.39, 0.29) is 6.04 Å². The summed E-state index contributed by atoms with van der Waals surface area (Å²) in [5, 5.41) is 0. The third kappa shape index (κ3) is 1.73. The van der Waals surface area contributed by atoms with Gasteiger partial charge in [-0.2, -0.15) is 4.31 Å². The maximum Gasteiger partial charge on any atom is 0.211 e. The molecule has 66 valence electrons. The van der Waals surface area contributed by atoms with E-state index in [0.717, 1.165) is 6.42 Å². The molecule has 1 aliphatic heterocycles. The summed E-state index contributed by atoms with van der Waals surface area (Å²) in [5.41, 5.74) is 0. The van der Waals surface area contributed by atoms with E-state index in [0.29, 0.717) is 12.5 Å². The minimum atomic E-state index is -2.93. The van der Waals surface area contributed by atoms with Crippen LogP contribution in [-0.2, 0) is 10.0 Å². The number of hydrogen-bond donors (Lipinski definition) is 0. The van der Waals surface area contributed by atoms with Crippen LogP contribution < -0.4 is 0 Å². The van der Waals surface area contributed by atoms with E-state index in [1.165, 1.54) is 6.26 Å². The molecular formula is C7H15NO2S. The van der Waals surface area contributed by atoms with Crippen molar-refractivity contribution in [3.05, 3.63) is 0 Å². The van der Waals surface area contributed by atoms with E-state index in [1.807, 2.05) is 0 Å². The molecule has 0 bridgehead atoms. The van der Waals surface area contributed by atoms with Gasteiger partial charge in [0.2, 0.25) is 10.0 Å². The molecule has 1 fully saturated rings. The first-order valence-corrected chi connectivity index (χ1v) is 5.74. The summed E-state index contributed by atoms with van der Waals surface area (Å²) >= 11 is 0. The highest BCUT2D eigenvalue weighted by Crippen LogP contribution is 2.26. The van der Waals surface area contributed by atoms with Gasteiger partial charge in [0.05, 0.1) is 6.26 Å². The second kappa shape index (κ2) is 2.75. The summed E-state index contributed by atoms with van der Waals surface area (Å²) in [7, 11) is -2.93. The molecule has 0 aromatic carbocycles. The molecule has 1 saturated heterocycles. The van der Waals surface area contributed by atoms with E-state index >= 15 is 0 Å². The standard InChI is InChI=1S/C7H15NO2S/c1-6(2)7-4-5-8(7)11(3,9)10/h6-7H,4-5H2,1-3H3/t7-/m0/s1. The largest absolute Gasteiger partial charge is 0.212 e. The molecule has 4 heteroatoms. The average Bonchev–Trinajstić information content (AvgIpc) is 1.51. The zero-order chi connectivity index (χ0) is 8.65. The van der Waals surface area contributed by atoms with Crippen molar-refractivity contribution in [3.8, 4) is 0 Å². The van der Waals surface area contributed by atoms with Crippen molar-refractivity contribution >= 4 is 10.0 Å². The molecule has 1 rings (SSSR count). The maximum atomic E-state index is 11.1. The van der Waals surface area contributed by atoms with Crippen molar-refractivity contribution in [1.29, 1.82) is 0 Å². The van der Waals surface area contributed by atoms with Crippen LogP contribution in [0.4, 0.5) is 0 Å². The molecule has 0 spiro atoms. The Morgan fingerprint density at radius 3 is 2.09 bits per heavy atom. The lowest BCUT2D eigenvalue weighted by molar-refractivity contribution is 0.151. The quantitative estimate of drug-likeness (QED) is 0.622. The SMILES string of the molecule is CC(C)[C@@H]1CCN1S(C)(=O)=O. The Bertz CT molecular complexity index is 233. The normalized spacial score (nSPS) is 27.1. The molecule has 0 aliphatic carbocycles. The van der Waals surface area contributed by atoms with Crippen LogP contribution >= 0.6 is 0 Å². The molecule has 11 heavy (non-hydrogen) atoms. The van der Waals surface area contributed by atoms with Gasteiger partial charge in [0.15, 0.2) is 0 Å². The van der Waals surface area contributed by atoms with Gasteiger partial charge in [-0.15, -0.1) is 0 Å². The predicted octanol–water partition coefficient (Wildman–Crippen LogP) is 0.676. The van der Waals surface area contributed by atoms with Crippen molar-refractivity contribution in [2.24, 2.45) is 5.92 Å². The summed E-state index contributed by atoms with van der Waals surface area (Å²) in [6.07, 6.45) is 2.30. The fourth-order valence-corrected chi connectivity index (χ4v) is 2.74. The van der Waals surface area contributed by atoms with Gasteiger partial charge in [-0.1, -0.05) is 13.8 Å². The molecule has 0 radical (unpaired) electrons. The van der Waals surface area contributed by atoms with E-state index in [2.05, 4.69) is 13.8 Å². The average molecular weight is 177 g/mol. The van der Waals surface area contributed by atoms with Crippen LogP contribution in [0.2, 0.25) is 0 Å². The topological polar surface area (TPSA) is 37.4 Å². The molecule has 1 heterocycles. The van der Waals surface area contributed by atoms with E-state index in [1.54, 1.807) is 4.31 Å². The molecule has 0 aromatic rings. The van der Waals surface area contributed by atoms with Crippen LogP contribution in [0.25, 0.3) is 0 Å². The van der Waals surface area contributed by atoms with Gasteiger partial charge in [0, 0.05) is 12.6 Å². The van der Waals surface area contributed by atoms with Gasteiger partial charge in [-0.25, -0.2) is 8.42 Å². The van der Waals surface area contributed by atoms with Gasteiger partial charge in [0.1, 0.15) is 0 Å². The Morgan fingerprint density at radius 2 is 2.00 bits per heavy atom. The minimum absolute atomic E-state index is 0.255. The lowest BCUT2D eigenvalue weighted by atomic mass is 9.95. The van der Waals surface area contributed by atoms with Gasteiger partial charge in [-0.05, 0) is 12.3 Å². The molecule has 1 aliphatic rings. The van der Waals surface area contributed by atoms with Gasteiger partial charge in [-0.3, -0.25) is 0 Å². The maximum absolute atomic E-state index is 11.1. The molecular weight excluding hydrogens is 162 g/mol.